The zero-order valence-corrected chi connectivity index (χ0v) is 19.2. The molecule has 2 saturated heterocycles. The Hall–Kier alpha value is -2.31. The van der Waals surface area contributed by atoms with Gasteiger partial charge in [-0.2, -0.15) is 9.40 Å². The van der Waals surface area contributed by atoms with Crippen molar-refractivity contribution in [3.8, 4) is 0 Å². The molecular weight excluding hydrogens is 459 g/mol. The number of sulfonamides is 1. The van der Waals surface area contributed by atoms with E-state index in [1.165, 1.54) is 16.4 Å². The molecule has 2 atom stereocenters. The van der Waals surface area contributed by atoms with Gasteiger partial charge in [0.15, 0.2) is 9.84 Å². The Bertz CT molecular complexity index is 1230. The molecule has 1 aromatic carbocycles. The Morgan fingerprint density at radius 3 is 2.59 bits per heavy atom. The highest BCUT2D eigenvalue weighted by molar-refractivity contribution is 7.91. The second kappa shape index (κ2) is 8.56. The molecule has 32 heavy (non-hydrogen) atoms. The molecular formula is C20H25FN4O5S2. The van der Waals surface area contributed by atoms with Crippen molar-refractivity contribution in [2.75, 3.05) is 29.9 Å². The molecule has 2 fully saturated rings. The van der Waals surface area contributed by atoms with E-state index >= 15 is 0 Å². The number of anilines is 1. The van der Waals surface area contributed by atoms with Crippen LogP contribution in [0.25, 0.3) is 0 Å². The molecule has 1 amide bonds. The van der Waals surface area contributed by atoms with Crippen LogP contribution >= 0.6 is 0 Å². The van der Waals surface area contributed by atoms with Crippen molar-refractivity contribution >= 4 is 31.6 Å². The second-order valence-corrected chi connectivity index (χ2v) is 12.5. The molecule has 9 nitrogen and oxygen atoms in total. The highest BCUT2D eigenvalue weighted by Gasteiger charge is 2.35. The van der Waals surface area contributed by atoms with Crippen LogP contribution in [0.5, 0.6) is 0 Å². The van der Waals surface area contributed by atoms with Crippen molar-refractivity contribution in [3.05, 3.63) is 41.8 Å². The summed E-state index contributed by atoms with van der Waals surface area (Å²) in [5.41, 5.74) is 0.647. The third-order valence-electron chi connectivity index (χ3n) is 5.87. The van der Waals surface area contributed by atoms with E-state index in [-0.39, 0.29) is 41.4 Å². The van der Waals surface area contributed by atoms with Crippen LogP contribution in [-0.2, 0) is 24.7 Å². The van der Waals surface area contributed by atoms with E-state index in [9.17, 15) is 26.0 Å². The Kier molecular flexibility index (Phi) is 6.12. The topological polar surface area (TPSA) is 118 Å². The fourth-order valence-electron chi connectivity index (χ4n) is 4.22. The molecule has 1 N–H and O–H groups in total. The number of piperidine rings is 1. The largest absolute Gasteiger partial charge is 0.311 e. The smallest absolute Gasteiger partial charge is 0.243 e. The summed E-state index contributed by atoms with van der Waals surface area (Å²) in [5, 5.41) is 7.18. The monoisotopic (exact) mass is 484 g/mol. The first-order valence-corrected chi connectivity index (χ1v) is 13.6. The predicted molar refractivity (Wildman–Crippen MR) is 116 cm³/mol. The minimum Gasteiger partial charge on any atom is -0.311 e. The van der Waals surface area contributed by atoms with E-state index in [1.54, 1.807) is 17.7 Å². The number of aryl methyl sites for hydroxylation is 1. The molecule has 1 aromatic heterocycles. The van der Waals surface area contributed by atoms with E-state index in [1.807, 2.05) is 0 Å². The lowest BCUT2D eigenvalue weighted by molar-refractivity contribution is -0.120. The summed E-state index contributed by atoms with van der Waals surface area (Å²) in [6.45, 7) is 2.05. The van der Waals surface area contributed by atoms with Gasteiger partial charge in [0.05, 0.1) is 34.1 Å². The number of nitrogens with one attached hydrogen (secondary N) is 1. The lowest BCUT2D eigenvalue weighted by Crippen LogP contribution is -2.43. The Balaban J connectivity index is 1.48. The Morgan fingerprint density at radius 1 is 1.22 bits per heavy atom. The summed E-state index contributed by atoms with van der Waals surface area (Å²) in [7, 11) is -6.97. The lowest BCUT2D eigenvalue weighted by atomic mass is 9.99. The number of benzene rings is 1. The van der Waals surface area contributed by atoms with Crippen molar-refractivity contribution < 1.29 is 26.0 Å². The average Bonchev–Trinajstić information content (AvgIpc) is 3.29. The van der Waals surface area contributed by atoms with Crippen LogP contribution in [0.4, 0.5) is 10.2 Å². The van der Waals surface area contributed by atoms with E-state index in [0.29, 0.717) is 30.8 Å². The molecule has 0 radical (unpaired) electrons. The molecule has 2 aromatic rings. The van der Waals surface area contributed by atoms with E-state index in [0.717, 1.165) is 12.1 Å². The molecule has 2 aliphatic heterocycles. The number of rotatable bonds is 5. The SMILES string of the molecule is Cc1cc(NC(=O)C2CCCN(S(=O)(=O)c3ccc(F)cc3)C2)n(C2CCS(=O)(=O)C2)n1. The van der Waals surface area contributed by atoms with Crippen LogP contribution in [-0.4, -0.2) is 61.4 Å². The molecule has 0 aliphatic carbocycles. The predicted octanol–water partition coefficient (Wildman–Crippen LogP) is 1.73. The van der Waals surface area contributed by atoms with Crippen molar-refractivity contribution in [1.29, 1.82) is 0 Å². The van der Waals surface area contributed by atoms with E-state index in [2.05, 4.69) is 10.4 Å². The van der Waals surface area contributed by atoms with Gasteiger partial charge < -0.3 is 5.32 Å². The summed E-state index contributed by atoms with van der Waals surface area (Å²) in [6, 6.07) is 5.95. The first kappa shape index (κ1) is 22.9. The minimum atomic E-state index is -3.85. The zero-order valence-electron chi connectivity index (χ0n) is 17.6. The highest BCUT2D eigenvalue weighted by atomic mass is 32.2. The van der Waals surface area contributed by atoms with Crippen LogP contribution < -0.4 is 5.32 Å². The van der Waals surface area contributed by atoms with Crippen molar-refractivity contribution in [2.45, 2.75) is 37.1 Å². The average molecular weight is 485 g/mol. The molecule has 2 unspecified atom stereocenters. The summed E-state index contributed by atoms with van der Waals surface area (Å²) in [5.74, 6) is -0.969. The maximum absolute atomic E-state index is 13.2. The van der Waals surface area contributed by atoms with Gasteiger partial charge in [0, 0.05) is 19.2 Å². The number of carbonyl (C=O) groups excluding carboxylic acids is 1. The minimum absolute atomic E-state index is 0.0104. The highest BCUT2D eigenvalue weighted by Crippen LogP contribution is 2.29. The van der Waals surface area contributed by atoms with Crippen LogP contribution in [0.1, 0.15) is 31.0 Å². The molecule has 4 rings (SSSR count). The molecule has 3 heterocycles. The maximum Gasteiger partial charge on any atom is 0.243 e. The number of nitrogens with zero attached hydrogens (tertiary/aromatic N) is 3. The fraction of sp³-hybridized carbons (Fsp3) is 0.500. The number of amides is 1. The second-order valence-electron chi connectivity index (χ2n) is 8.32. The number of sulfone groups is 1. The number of aromatic nitrogens is 2. The number of hydrogen-bond donors (Lipinski definition) is 1. The standard InChI is InChI=1S/C20H25FN4O5S2/c1-14-11-19(25(23-14)17-8-10-31(27,28)13-17)22-20(26)15-3-2-9-24(12-15)32(29,30)18-6-4-16(21)5-7-18/h4-7,11,15,17H,2-3,8-10,12-13H2,1H3,(H,22,26). The molecule has 0 saturated carbocycles. The summed E-state index contributed by atoms with van der Waals surface area (Å²) in [6.07, 6.45) is 1.46. The molecule has 2 aliphatic rings. The molecule has 174 valence electrons. The van der Waals surface area contributed by atoms with Crippen molar-refractivity contribution in [1.82, 2.24) is 14.1 Å². The van der Waals surface area contributed by atoms with Crippen molar-refractivity contribution in [3.63, 3.8) is 0 Å². The first-order chi connectivity index (χ1) is 15.0. The van der Waals surface area contributed by atoms with Gasteiger partial charge in [-0.1, -0.05) is 0 Å². The van der Waals surface area contributed by atoms with E-state index in [4.69, 9.17) is 0 Å². The fourth-order valence-corrected chi connectivity index (χ4v) is 7.43. The van der Waals surface area contributed by atoms with Gasteiger partial charge in [-0.3, -0.25) is 4.79 Å². The summed E-state index contributed by atoms with van der Waals surface area (Å²) in [4.78, 5) is 13.0. The molecule has 12 heteroatoms. The van der Waals surface area contributed by atoms with Gasteiger partial charge in [-0.05, 0) is 50.5 Å². The van der Waals surface area contributed by atoms with E-state index < -0.39 is 31.6 Å². The summed E-state index contributed by atoms with van der Waals surface area (Å²) < 4.78 is 65.5. The van der Waals surface area contributed by atoms with Gasteiger partial charge in [0.1, 0.15) is 11.6 Å². The third kappa shape index (κ3) is 4.71. The van der Waals surface area contributed by atoms with Crippen LogP contribution in [0.3, 0.4) is 0 Å². The zero-order chi connectivity index (χ0) is 23.1. The Labute approximate surface area is 186 Å². The quantitative estimate of drug-likeness (QED) is 0.691. The van der Waals surface area contributed by atoms with Crippen LogP contribution in [0.2, 0.25) is 0 Å². The number of carbonyl (C=O) groups is 1. The first-order valence-electron chi connectivity index (χ1n) is 10.4. The van der Waals surface area contributed by atoms with Crippen LogP contribution in [0, 0.1) is 18.7 Å². The maximum atomic E-state index is 13.2. The van der Waals surface area contributed by atoms with Gasteiger partial charge in [-0.25, -0.2) is 25.9 Å². The number of hydrogen-bond acceptors (Lipinski definition) is 6. The third-order valence-corrected chi connectivity index (χ3v) is 9.50. The lowest BCUT2D eigenvalue weighted by Gasteiger charge is -2.31. The van der Waals surface area contributed by atoms with Gasteiger partial charge in [-0.15, -0.1) is 0 Å². The Morgan fingerprint density at radius 2 is 1.94 bits per heavy atom. The number of halogens is 1. The van der Waals surface area contributed by atoms with Gasteiger partial charge in [0.25, 0.3) is 0 Å². The normalized spacial score (nSPS) is 23.8. The summed E-state index contributed by atoms with van der Waals surface area (Å²) >= 11 is 0. The van der Waals surface area contributed by atoms with Crippen LogP contribution in [0.15, 0.2) is 35.2 Å². The van der Waals surface area contributed by atoms with Gasteiger partial charge >= 0.3 is 0 Å². The van der Waals surface area contributed by atoms with Gasteiger partial charge in [0.2, 0.25) is 15.9 Å². The molecule has 0 bridgehead atoms. The van der Waals surface area contributed by atoms with Crippen molar-refractivity contribution in [2.24, 2.45) is 5.92 Å². The molecule has 0 spiro atoms.